The number of hydrogen-bond acceptors (Lipinski definition) is 5. The number of nitrogens with zero attached hydrogens (tertiary/aromatic N) is 1. The fourth-order valence-corrected chi connectivity index (χ4v) is 3.04. The second kappa shape index (κ2) is 8.55. The Morgan fingerprint density at radius 2 is 1.96 bits per heavy atom. The molecule has 7 heteroatoms. The number of rotatable bonds is 7. The predicted molar refractivity (Wildman–Crippen MR) is 99.0 cm³/mol. The zero-order valence-corrected chi connectivity index (χ0v) is 14.8. The Balaban J connectivity index is 1.89. The molecule has 1 atom stereocenters. The van der Waals surface area contributed by atoms with Crippen molar-refractivity contribution < 1.29 is 24.2 Å². The molecule has 1 aliphatic heterocycles. The number of nitrogens with two attached hydrogens (primary N) is 1. The first-order chi connectivity index (χ1) is 13.1. The summed E-state index contributed by atoms with van der Waals surface area (Å²) in [6, 6.07) is 13.9. The Kier molecular flexibility index (Phi) is 5.93. The first kappa shape index (κ1) is 18.7. The number of carboxylic acid groups (broad SMARTS) is 1. The van der Waals surface area contributed by atoms with Gasteiger partial charge in [0.15, 0.2) is 0 Å². The molecule has 0 aromatic heterocycles. The van der Waals surface area contributed by atoms with Crippen LogP contribution >= 0.6 is 0 Å². The van der Waals surface area contributed by atoms with E-state index in [-0.39, 0.29) is 25.5 Å². The minimum Gasteiger partial charge on any atom is -0.492 e. The van der Waals surface area contributed by atoms with E-state index in [4.69, 9.17) is 20.3 Å². The number of benzene rings is 2. The summed E-state index contributed by atoms with van der Waals surface area (Å²) < 4.78 is 11.3. The molecular weight excluding hydrogens is 348 g/mol. The van der Waals surface area contributed by atoms with Crippen LogP contribution in [0.25, 0.3) is 0 Å². The van der Waals surface area contributed by atoms with Crippen molar-refractivity contribution >= 4 is 11.9 Å². The van der Waals surface area contributed by atoms with Crippen LogP contribution in [-0.4, -0.2) is 48.2 Å². The second-order valence-electron chi connectivity index (χ2n) is 6.17. The summed E-state index contributed by atoms with van der Waals surface area (Å²) in [6.07, 6.45) is -0.137. The van der Waals surface area contributed by atoms with Crippen molar-refractivity contribution in [1.29, 1.82) is 0 Å². The minimum absolute atomic E-state index is 0.0992. The number of carboxylic acids is 1. The van der Waals surface area contributed by atoms with Crippen LogP contribution in [0, 0.1) is 0 Å². The van der Waals surface area contributed by atoms with Crippen molar-refractivity contribution in [2.45, 2.75) is 12.5 Å². The Bertz CT molecular complexity index is 806. The lowest BCUT2D eigenvalue weighted by molar-refractivity contribution is -0.137. The molecule has 27 heavy (non-hydrogen) atoms. The lowest BCUT2D eigenvalue weighted by Gasteiger charge is -2.29. The molecule has 0 radical (unpaired) electrons. The quantitative estimate of drug-likeness (QED) is 0.774. The second-order valence-corrected chi connectivity index (χ2v) is 6.17. The largest absolute Gasteiger partial charge is 0.492 e. The minimum atomic E-state index is -0.953. The van der Waals surface area contributed by atoms with Crippen molar-refractivity contribution in [2.24, 2.45) is 5.73 Å². The highest BCUT2D eigenvalue weighted by atomic mass is 16.5. The first-order valence-corrected chi connectivity index (χ1v) is 8.77. The Morgan fingerprint density at radius 1 is 1.22 bits per heavy atom. The molecule has 7 nitrogen and oxygen atoms in total. The zero-order valence-electron chi connectivity index (χ0n) is 14.8. The Morgan fingerprint density at radius 3 is 2.67 bits per heavy atom. The van der Waals surface area contributed by atoms with E-state index in [0.29, 0.717) is 30.2 Å². The van der Waals surface area contributed by atoms with Gasteiger partial charge in [-0.1, -0.05) is 24.3 Å². The molecule has 0 spiro atoms. The molecule has 0 aliphatic carbocycles. The van der Waals surface area contributed by atoms with Crippen LogP contribution in [0.2, 0.25) is 0 Å². The molecule has 1 heterocycles. The van der Waals surface area contributed by atoms with Crippen molar-refractivity contribution in [3.05, 3.63) is 59.7 Å². The Hall–Kier alpha value is -3.06. The third kappa shape index (κ3) is 4.38. The molecule has 142 valence electrons. The molecule has 2 aromatic carbocycles. The molecule has 0 unspecified atom stereocenters. The SMILES string of the molecule is NCCOc1ccc([C@H]2COc3ccccc3C(=O)N2CCC(=O)O)cc1. The maximum atomic E-state index is 13.1. The molecule has 0 bridgehead atoms. The summed E-state index contributed by atoms with van der Waals surface area (Å²) in [4.78, 5) is 25.7. The van der Waals surface area contributed by atoms with Gasteiger partial charge in [-0.25, -0.2) is 0 Å². The molecule has 2 aromatic rings. The van der Waals surface area contributed by atoms with Gasteiger partial charge < -0.3 is 25.2 Å². The van der Waals surface area contributed by atoms with Gasteiger partial charge in [0, 0.05) is 13.1 Å². The number of ether oxygens (including phenoxy) is 2. The van der Waals surface area contributed by atoms with E-state index in [1.807, 2.05) is 24.3 Å². The zero-order chi connectivity index (χ0) is 19.2. The van der Waals surface area contributed by atoms with Gasteiger partial charge in [-0.2, -0.15) is 0 Å². The van der Waals surface area contributed by atoms with Gasteiger partial charge in [0.05, 0.1) is 18.0 Å². The van der Waals surface area contributed by atoms with E-state index in [1.54, 1.807) is 29.2 Å². The third-order valence-electron chi connectivity index (χ3n) is 4.37. The van der Waals surface area contributed by atoms with E-state index in [1.165, 1.54) is 0 Å². The van der Waals surface area contributed by atoms with Gasteiger partial charge in [-0.15, -0.1) is 0 Å². The molecular formula is C20H22N2O5. The first-order valence-electron chi connectivity index (χ1n) is 8.77. The number of hydrogen-bond donors (Lipinski definition) is 2. The van der Waals surface area contributed by atoms with Crippen LogP contribution in [0.4, 0.5) is 0 Å². The summed E-state index contributed by atoms with van der Waals surface area (Å²) in [6.45, 7) is 1.19. The van der Waals surface area contributed by atoms with Gasteiger partial charge >= 0.3 is 5.97 Å². The molecule has 3 N–H and O–H groups in total. The standard InChI is InChI=1S/C20H22N2O5/c21-10-12-26-15-7-5-14(6-8-15)17-13-27-18-4-2-1-3-16(18)20(25)22(17)11-9-19(23)24/h1-8,17H,9-13,21H2,(H,23,24)/t17-/m1/s1. The highest BCUT2D eigenvalue weighted by Crippen LogP contribution is 2.32. The smallest absolute Gasteiger partial charge is 0.305 e. The maximum absolute atomic E-state index is 13.1. The predicted octanol–water partition coefficient (Wildman–Crippen LogP) is 2.07. The van der Waals surface area contributed by atoms with Crippen molar-refractivity contribution in [2.75, 3.05) is 26.3 Å². The van der Waals surface area contributed by atoms with E-state index in [0.717, 1.165) is 5.56 Å². The highest BCUT2D eigenvalue weighted by molar-refractivity contribution is 5.97. The number of para-hydroxylation sites is 1. The van der Waals surface area contributed by atoms with Crippen LogP contribution in [0.3, 0.4) is 0 Å². The third-order valence-corrected chi connectivity index (χ3v) is 4.37. The van der Waals surface area contributed by atoms with Crippen LogP contribution in [0.15, 0.2) is 48.5 Å². The van der Waals surface area contributed by atoms with E-state index in [9.17, 15) is 9.59 Å². The molecule has 1 amide bonds. The molecule has 0 saturated carbocycles. The summed E-state index contributed by atoms with van der Waals surface area (Å²) in [5.41, 5.74) is 6.73. The van der Waals surface area contributed by atoms with Crippen molar-refractivity contribution in [3.8, 4) is 11.5 Å². The van der Waals surface area contributed by atoms with Gasteiger partial charge in [-0.05, 0) is 29.8 Å². The van der Waals surface area contributed by atoms with Crippen LogP contribution in [0.1, 0.15) is 28.4 Å². The summed E-state index contributed by atoms with van der Waals surface area (Å²) in [5, 5.41) is 9.08. The number of amides is 1. The topological polar surface area (TPSA) is 102 Å². The van der Waals surface area contributed by atoms with Crippen LogP contribution < -0.4 is 15.2 Å². The van der Waals surface area contributed by atoms with Crippen molar-refractivity contribution in [1.82, 2.24) is 4.90 Å². The van der Waals surface area contributed by atoms with Crippen LogP contribution in [-0.2, 0) is 4.79 Å². The number of fused-ring (bicyclic) bond motifs is 1. The molecule has 1 aliphatic rings. The number of carbonyl (C=O) groups excluding carboxylic acids is 1. The van der Waals surface area contributed by atoms with Crippen molar-refractivity contribution in [3.63, 3.8) is 0 Å². The van der Waals surface area contributed by atoms with E-state index in [2.05, 4.69) is 0 Å². The van der Waals surface area contributed by atoms with Gasteiger partial charge in [0.1, 0.15) is 24.7 Å². The summed E-state index contributed by atoms with van der Waals surface area (Å²) >= 11 is 0. The number of aliphatic carboxylic acids is 1. The fourth-order valence-electron chi connectivity index (χ4n) is 3.04. The monoisotopic (exact) mass is 370 g/mol. The maximum Gasteiger partial charge on any atom is 0.305 e. The average molecular weight is 370 g/mol. The molecule has 0 saturated heterocycles. The molecule has 3 rings (SSSR count). The summed E-state index contributed by atoms with van der Waals surface area (Å²) in [5.74, 6) is 0.00186. The van der Waals surface area contributed by atoms with E-state index >= 15 is 0 Å². The summed E-state index contributed by atoms with van der Waals surface area (Å²) in [7, 11) is 0. The normalized spacial score (nSPS) is 16.3. The van der Waals surface area contributed by atoms with Gasteiger partial charge in [0.25, 0.3) is 5.91 Å². The average Bonchev–Trinajstić information content (AvgIpc) is 2.82. The lowest BCUT2D eigenvalue weighted by Crippen LogP contribution is -2.37. The lowest BCUT2D eigenvalue weighted by atomic mass is 10.0. The number of carbonyl (C=O) groups is 2. The van der Waals surface area contributed by atoms with Crippen LogP contribution in [0.5, 0.6) is 11.5 Å². The highest BCUT2D eigenvalue weighted by Gasteiger charge is 2.32. The van der Waals surface area contributed by atoms with Gasteiger partial charge in [-0.3, -0.25) is 9.59 Å². The fraction of sp³-hybridized carbons (Fsp3) is 0.300. The Labute approximate surface area is 157 Å². The van der Waals surface area contributed by atoms with Gasteiger partial charge in [0.2, 0.25) is 0 Å². The van der Waals surface area contributed by atoms with E-state index < -0.39 is 12.0 Å². The molecule has 0 fully saturated rings.